The first kappa shape index (κ1) is 22.0. The zero-order valence-corrected chi connectivity index (χ0v) is 20.4. The normalized spacial score (nSPS) is 43.3. The smallest absolute Gasteiger partial charge is 0.155 e. The van der Waals surface area contributed by atoms with Gasteiger partial charge in [0.1, 0.15) is 0 Å². The van der Waals surface area contributed by atoms with Crippen molar-refractivity contribution in [1.82, 2.24) is 0 Å². The number of carbonyl (C=O) groups excluding carboxylic acids is 1. The molecule has 2 N–H and O–H groups in total. The number of fused-ring (bicyclic) bond motifs is 4. The Balaban J connectivity index is 1.51. The highest BCUT2D eigenvalue weighted by Crippen LogP contribution is 2.73. The lowest BCUT2D eigenvalue weighted by Gasteiger charge is -2.65. The number of allylic oxidation sites excluding steroid dienone is 1. The third kappa shape index (κ3) is 2.91. The summed E-state index contributed by atoms with van der Waals surface area (Å²) in [6, 6.07) is 7.20. The predicted molar refractivity (Wildman–Crippen MR) is 130 cm³/mol. The summed E-state index contributed by atoms with van der Waals surface area (Å²) in [6.45, 7) is 4.78. The molecule has 178 valence electrons. The summed E-state index contributed by atoms with van der Waals surface area (Å²) >= 11 is 0. The zero-order valence-electron chi connectivity index (χ0n) is 20.4. The van der Waals surface area contributed by atoms with E-state index in [0.717, 1.165) is 44.9 Å². The first-order valence-electron chi connectivity index (χ1n) is 13.5. The Morgan fingerprint density at radius 2 is 2.00 bits per heavy atom. The number of aliphatic hydroxyl groups excluding tert-OH is 1. The number of aliphatic hydroxyl groups is 2. The lowest BCUT2D eigenvalue weighted by atomic mass is 9.39. The molecule has 0 bridgehead atoms. The molecule has 7 atom stereocenters. The van der Waals surface area contributed by atoms with Crippen LogP contribution in [0.4, 0.5) is 0 Å². The standard InChI is InChI=1S/C30H40O3/c1-3-19-5-7-23-20(15-19)17-29-12-9-22(32)16-21(29)6-8-24-26-10-13-30(33,11-4-14-31)28(26,2)18-25(23)27(24)29/h5,7,15-16,24-27,31,33H,3-4,6,8-14,17-18H2,1-2H3/t24-,25?,26+,27?,28-,29+,30+/m0/s1. The average molecular weight is 449 g/mol. The molecule has 3 fully saturated rings. The summed E-state index contributed by atoms with van der Waals surface area (Å²) in [5, 5.41) is 21.5. The van der Waals surface area contributed by atoms with Crippen molar-refractivity contribution in [2.45, 2.75) is 96.0 Å². The number of hydrogen-bond donors (Lipinski definition) is 2. The van der Waals surface area contributed by atoms with Crippen molar-refractivity contribution in [2.75, 3.05) is 6.61 Å². The molecule has 3 nitrogen and oxygen atoms in total. The quantitative estimate of drug-likeness (QED) is 0.638. The van der Waals surface area contributed by atoms with Gasteiger partial charge in [-0.15, -0.1) is 0 Å². The van der Waals surface area contributed by atoms with Gasteiger partial charge in [-0.25, -0.2) is 0 Å². The van der Waals surface area contributed by atoms with Crippen LogP contribution in [-0.2, 0) is 17.6 Å². The van der Waals surface area contributed by atoms with Crippen molar-refractivity contribution in [2.24, 2.45) is 28.6 Å². The fourth-order valence-electron chi connectivity index (χ4n) is 9.76. The summed E-state index contributed by atoms with van der Waals surface area (Å²) in [7, 11) is 0. The first-order chi connectivity index (χ1) is 15.8. The third-order valence-corrected chi connectivity index (χ3v) is 11.3. The van der Waals surface area contributed by atoms with Crippen molar-refractivity contribution in [3.63, 3.8) is 0 Å². The predicted octanol–water partition coefficient (Wildman–Crippen LogP) is 5.51. The van der Waals surface area contributed by atoms with Crippen LogP contribution in [0.5, 0.6) is 0 Å². The van der Waals surface area contributed by atoms with Gasteiger partial charge in [0.2, 0.25) is 0 Å². The molecule has 2 unspecified atom stereocenters. The molecule has 0 aromatic heterocycles. The summed E-state index contributed by atoms with van der Waals surface area (Å²) in [4.78, 5) is 12.5. The van der Waals surface area contributed by atoms with Gasteiger partial charge in [0.15, 0.2) is 5.78 Å². The van der Waals surface area contributed by atoms with E-state index in [1.165, 1.54) is 28.7 Å². The van der Waals surface area contributed by atoms with E-state index in [2.05, 4.69) is 32.0 Å². The van der Waals surface area contributed by atoms with Gasteiger partial charge in [0, 0.05) is 13.0 Å². The van der Waals surface area contributed by atoms with Crippen molar-refractivity contribution in [3.8, 4) is 0 Å². The number of hydrogen-bond acceptors (Lipinski definition) is 3. The van der Waals surface area contributed by atoms with Crippen LogP contribution < -0.4 is 0 Å². The lowest BCUT2D eigenvalue weighted by Crippen LogP contribution is -2.59. The second kappa shape index (κ2) is 7.52. The minimum absolute atomic E-state index is 0.0983. The molecule has 0 aliphatic heterocycles. The number of carbonyl (C=O) groups is 1. The molecule has 5 aliphatic rings. The fraction of sp³-hybridized carbons (Fsp3) is 0.700. The van der Waals surface area contributed by atoms with Crippen LogP contribution in [0.25, 0.3) is 0 Å². The molecule has 0 amide bonds. The van der Waals surface area contributed by atoms with Gasteiger partial charge in [-0.05, 0) is 121 Å². The minimum Gasteiger partial charge on any atom is -0.396 e. The van der Waals surface area contributed by atoms with Crippen LogP contribution in [0, 0.1) is 28.6 Å². The Kier molecular flexibility index (Phi) is 5.02. The van der Waals surface area contributed by atoms with Gasteiger partial charge < -0.3 is 10.2 Å². The first-order valence-corrected chi connectivity index (χ1v) is 13.5. The number of benzene rings is 1. The van der Waals surface area contributed by atoms with Crippen molar-refractivity contribution in [1.29, 1.82) is 0 Å². The zero-order chi connectivity index (χ0) is 23.0. The molecule has 3 heteroatoms. The van der Waals surface area contributed by atoms with E-state index in [9.17, 15) is 15.0 Å². The summed E-state index contributed by atoms with van der Waals surface area (Å²) in [5.74, 6) is 2.57. The maximum absolute atomic E-state index is 12.5. The topological polar surface area (TPSA) is 57.5 Å². The van der Waals surface area contributed by atoms with E-state index < -0.39 is 5.60 Å². The molecule has 1 aromatic rings. The summed E-state index contributed by atoms with van der Waals surface area (Å²) in [6.07, 6.45) is 12.6. The number of rotatable bonds is 4. The van der Waals surface area contributed by atoms with Gasteiger partial charge in [0.25, 0.3) is 0 Å². The van der Waals surface area contributed by atoms with E-state index in [-0.39, 0.29) is 17.4 Å². The molecule has 33 heavy (non-hydrogen) atoms. The largest absolute Gasteiger partial charge is 0.396 e. The molecular formula is C30H40O3. The summed E-state index contributed by atoms with van der Waals surface area (Å²) in [5.41, 5.74) is 5.28. The highest BCUT2D eigenvalue weighted by atomic mass is 16.3. The van der Waals surface area contributed by atoms with Crippen molar-refractivity contribution in [3.05, 3.63) is 46.5 Å². The van der Waals surface area contributed by atoms with Gasteiger partial charge >= 0.3 is 0 Å². The molecule has 3 saturated carbocycles. The monoisotopic (exact) mass is 448 g/mol. The molecule has 5 aliphatic carbocycles. The number of ketones is 1. The van der Waals surface area contributed by atoms with Gasteiger partial charge in [0.05, 0.1) is 5.60 Å². The number of aryl methyl sites for hydroxylation is 1. The molecular weight excluding hydrogens is 408 g/mol. The molecule has 0 saturated heterocycles. The third-order valence-electron chi connectivity index (χ3n) is 11.3. The van der Waals surface area contributed by atoms with Gasteiger partial charge in [-0.1, -0.05) is 37.6 Å². The van der Waals surface area contributed by atoms with E-state index in [0.29, 0.717) is 48.7 Å². The molecule has 1 aromatic carbocycles. The molecule has 1 spiro atoms. The van der Waals surface area contributed by atoms with E-state index in [1.54, 1.807) is 0 Å². The Morgan fingerprint density at radius 3 is 2.79 bits per heavy atom. The average Bonchev–Trinajstić information content (AvgIpc) is 3.08. The SMILES string of the molecule is CCc1ccc2c(c1)C[C@]13CCC(=O)C=C1CC[C@@H]1C3C2C[C@@]2(C)[C@@H]1CC[C@]2(O)CCCO. The molecule has 0 heterocycles. The Morgan fingerprint density at radius 1 is 1.15 bits per heavy atom. The minimum atomic E-state index is -0.669. The van der Waals surface area contributed by atoms with E-state index in [4.69, 9.17) is 0 Å². The highest BCUT2D eigenvalue weighted by Gasteiger charge is 2.67. The highest BCUT2D eigenvalue weighted by molar-refractivity contribution is 5.91. The van der Waals surface area contributed by atoms with Gasteiger partial charge in [-0.2, -0.15) is 0 Å². The van der Waals surface area contributed by atoms with Crippen LogP contribution in [0.3, 0.4) is 0 Å². The van der Waals surface area contributed by atoms with E-state index in [1.807, 2.05) is 6.08 Å². The van der Waals surface area contributed by atoms with Crippen molar-refractivity contribution < 1.29 is 15.0 Å². The van der Waals surface area contributed by atoms with Crippen molar-refractivity contribution >= 4 is 5.78 Å². The Bertz CT molecular complexity index is 1010. The maximum atomic E-state index is 12.5. The lowest BCUT2D eigenvalue weighted by molar-refractivity contribution is -0.146. The van der Waals surface area contributed by atoms with Gasteiger partial charge in [-0.3, -0.25) is 4.79 Å². The summed E-state index contributed by atoms with van der Waals surface area (Å²) < 4.78 is 0. The Hall–Kier alpha value is -1.45. The van der Waals surface area contributed by atoms with Crippen LogP contribution in [0.2, 0.25) is 0 Å². The Labute approximate surface area is 198 Å². The fourth-order valence-corrected chi connectivity index (χ4v) is 9.76. The van der Waals surface area contributed by atoms with Crippen LogP contribution >= 0.6 is 0 Å². The van der Waals surface area contributed by atoms with E-state index >= 15 is 0 Å². The maximum Gasteiger partial charge on any atom is 0.155 e. The molecule has 6 rings (SSSR count). The van der Waals surface area contributed by atoms with Crippen LogP contribution in [-0.4, -0.2) is 28.2 Å². The second-order valence-corrected chi connectivity index (χ2v) is 12.3. The van der Waals surface area contributed by atoms with Crippen LogP contribution in [0.1, 0.15) is 94.2 Å². The molecule has 0 radical (unpaired) electrons. The second-order valence-electron chi connectivity index (χ2n) is 12.3. The van der Waals surface area contributed by atoms with Crippen LogP contribution in [0.15, 0.2) is 29.8 Å².